The van der Waals surface area contributed by atoms with E-state index in [1.54, 1.807) is 35.5 Å². The average Bonchev–Trinajstić information content (AvgIpc) is 3.47. The molecular weight excluding hydrogens is 539 g/mol. The minimum atomic E-state index is -2.63. The Morgan fingerprint density at radius 3 is 2.66 bits per heavy atom. The monoisotopic (exact) mass is 571 g/mol. The molecule has 0 saturated carbocycles. The van der Waals surface area contributed by atoms with Gasteiger partial charge in [0.2, 0.25) is 0 Å². The predicted molar refractivity (Wildman–Crippen MR) is 145 cm³/mol. The third-order valence-corrected chi connectivity index (χ3v) is 8.21. The van der Waals surface area contributed by atoms with Gasteiger partial charge in [-0.05, 0) is 50.5 Å². The zero-order valence-corrected chi connectivity index (χ0v) is 22.9. The zero-order chi connectivity index (χ0) is 29.1. The molecule has 1 aromatic carbocycles. The summed E-state index contributed by atoms with van der Waals surface area (Å²) >= 11 is 0. The number of halogens is 3. The summed E-state index contributed by atoms with van der Waals surface area (Å²) in [5, 5.41) is 17.2. The molecule has 5 heterocycles. The largest absolute Gasteiger partial charge is 0.387 e. The number of aromatic nitrogens is 3. The Labute approximate surface area is 234 Å². The van der Waals surface area contributed by atoms with Crippen molar-refractivity contribution < 1.29 is 27.9 Å². The second-order valence-corrected chi connectivity index (χ2v) is 11.7. The average molecular weight is 572 g/mol. The lowest BCUT2D eigenvalue weighted by Gasteiger charge is -2.47. The molecule has 41 heavy (non-hydrogen) atoms. The summed E-state index contributed by atoms with van der Waals surface area (Å²) < 4.78 is 43.0. The molecule has 2 amide bonds. The van der Waals surface area contributed by atoms with Crippen LogP contribution in [0.3, 0.4) is 0 Å². The number of carbonyl (C=O) groups is 2. The third-order valence-electron chi connectivity index (χ3n) is 8.21. The maximum atomic E-state index is 14.7. The summed E-state index contributed by atoms with van der Waals surface area (Å²) in [6.45, 7) is 3.23. The standard InChI is InChI=1S/C28H32F3N7O3/c1-27(2,41)23(29)14-36-13-17-10-21(34-25(39)20-12-33-38-7-3-6-32-24(20)38)22(11-19(17)26(36)40)35-8-4-18(5-9-35)37-15-28(30,31)16-37/h3,6-7,10-12,18,23,41H,4-5,8-9,13-16H2,1-2H3,(H,34,39). The molecule has 0 bridgehead atoms. The number of benzene rings is 1. The second kappa shape index (κ2) is 9.98. The van der Waals surface area contributed by atoms with Crippen molar-refractivity contribution in [2.75, 3.05) is 42.9 Å². The van der Waals surface area contributed by atoms with Crippen LogP contribution in [-0.2, 0) is 6.54 Å². The summed E-state index contributed by atoms with van der Waals surface area (Å²) in [5.74, 6) is -3.40. The van der Waals surface area contributed by atoms with Crippen molar-refractivity contribution in [1.29, 1.82) is 0 Å². The van der Waals surface area contributed by atoms with E-state index in [0.717, 1.165) is 0 Å². The molecule has 2 fully saturated rings. The van der Waals surface area contributed by atoms with Gasteiger partial charge >= 0.3 is 0 Å². The van der Waals surface area contributed by atoms with Gasteiger partial charge in [0.1, 0.15) is 11.7 Å². The number of carbonyl (C=O) groups excluding carboxylic acids is 2. The van der Waals surface area contributed by atoms with Crippen molar-refractivity contribution in [2.45, 2.75) is 57.0 Å². The first kappa shape index (κ1) is 27.5. The van der Waals surface area contributed by atoms with Crippen LogP contribution < -0.4 is 10.2 Å². The number of hydrogen-bond acceptors (Lipinski definition) is 7. The van der Waals surface area contributed by atoms with Crippen LogP contribution >= 0.6 is 0 Å². The smallest absolute Gasteiger partial charge is 0.272 e. The van der Waals surface area contributed by atoms with Crippen molar-refractivity contribution in [3.8, 4) is 0 Å². The van der Waals surface area contributed by atoms with E-state index in [-0.39, 0.29) is 43.7 Å². The first-order chi connectivity index (χ1) is 19.4. The lowest BCUT2D eigenvalue weighted by atomic mass is 9.97. The number of amides is 2. The molecule has 0 aliphatic carbocycles. The predicted octanol–water partition coefficient (Wildman–Crippen LogP) is 2.97. The molecule has 10 nitrogen and oxygen atoms in total. The number of hydrogen-bond donors (Lipinski definition) is 2. The fourth-order valence-electron chi connectivity index (χ4n) is 5.79. The number of fused-ring (bicyclic) bond motifs is 2. The Morgan fingerprint density at radius 1 is 1.24 bits per heavy atom. The highest BCUT2D eigenvalue weighted by Crippen LogP contribution is 2.38. The molecule has 2 saturated heterocycles. The van der Waals surface area contributed by atoms with E-state index in [4.69, 9.17) is 0 Å². The number of anilines is 2. The van der Waals surface area contributed by atoms with Gasteiger partial charge in [0.25, 0.3) is 17.7 Å². The SMILES string of the molecule is CC(C)(O)C(F)CN1Cc2cc(NC(=O)c3cnn4cccnc34)c(N3CCC(N4CC(F)(F)C4)CC3)cc2C1=O. The minimum Gasteiger partial charge on any atom is -0.387 e. The van der Waals surface area contributed by atoms with E-state index in [1.165, 1.54) is 29.5 Å². The number of nitrogens with one attached hydrogen (secondary N) is 1. The summed E-state index contributed by atoms with van der Waals surface area (Å²) in [5.41, 5.74) is 1.21. The quantitative estimate of drug-likeness (QED) is 0.449. The molecule has 1 unspecified atom stereocenters. The Bertz CT molecular complexity index is 1490. The molecule has 218 valence electrons. The normalized spacial score (nSPS) is 20.3. The Morgan fingerprint density at radius 2 is 1.98 bits per heavy atom. The highest BCUT2D eigenvalue weighted by Gasteiger charge is 2.47. The van der Waals surface area contributed by atoms with Gasteiger partial charge < -0.3 is 20.2 Å². The first-order valence-electron chi connectivity index (χ1n) is 13.7. The van der Waals surface area contributed by atoms with Gasteiger partial charge in [-0.25, -0.2) is 22.7 Å². The van der Waals surface area contributed by atoms with E-state index >= 15 is 0 Å². The van der Waals surface area contributed by atoms with Gasteiger partial charge in [0.05, 0.1) is 42.8 Å². The van der Waals surface area contributed by atoms with Crippen LogP contribution in [0.15, 0.2) is 36.8 Å². The first-order valence-corrected chi connectivity index (χ1v) is 13.7. The molecule has 1 atom stereocenters. The van der Waals surface area contributed by atoms with E-state index in [9.17, 15) is 27.9 Å². The highest BCUT2D eigenvalue weighted by atomic mass is 19.3. The lowest BCUT2D eigenvalue weighted by Crippen LogP contribution is -2.61. The topological polar surface area (TPSA) is 106 Å². The zero-order valence-electron chi connectivity index (χ0n) is 22.9. The molecule has 6 rings (SSSR count). The molecule has 3 aromatic rings. The third kappa shape index (κ3) is 5.23. The van der Waals surface area contributed by atoms with Gasteiger partial charge in [-0.3, -0.25) is 14.5 Å². The van der Waals surface area contributed by atoms with Crippen LogP contribution in [0.4, 0.5) is 24.5 Å². The van der Waals surface area contributed by atoms with Gasteiger partial charge in [0.15, 0.2) is 5.65 Å². The van der Waals surface area contributed by atoms with Crippen LogP contribution in [0.2, 0.25) is 0 Å². The summed E-state index contributed by atoms with van der Waals surface area (Å²) in [6.07, 6.45) is 4.36. The van der Waals surface area contributed by atoms with E-state index in [1.807, 2.05) is 4.90 Å². The van der Waals surface area contributed by atoms with Crippen molar-refractivity contribution in [3.05, 3.63) is 53.5 Å². The van der Waals surface area contributed by atoms with Crippen LogP contribution in [0.1, 0.15) is 53.0 Å². The minimum absolute atomic E-state index is 0.0450. The van der Waals surface area contributed by atoms with Gasteiger partial charge in [0, 0.05) is 43.6 Å². The molecule has 0 spiro atoms. The molecule has 13 heteroatoms. The van der Waals surface area contributed by atoms with Crippen LogP contribution in [0.5, 0.6) is 0 Å². The van der Waals surface area contributed by atoms with Gasteiger partial charge in [-0.15, -0.1) is 0 Å². The number of likely N-dealkylation sites (tertiary alicyclic amines) is 1. The van der Waals surface area contributed by atoms with Crippen LogP contribution in [0.25, 0.3) is 5.65 Å². The molecule has 2 N–H and O–H groups in total. The van der Waals surface area contributed by atoms with Crippen molar-refractivity contribution >= 4 is 28.8 Å². The fourth-order valence-corrected chi connectivity index (χ4v) is 5.79. The fraction of sp³-hybridized carbons (Fsp3) is 0.500. The number of rotatable bonds is 7. The summed E-state index contributed by atoms with van der Waals surface area (Å²) in [7, 11) is 0. The van der Waals surface area contributed by atoms with E-state index in [0.29, 0.717) is 54.1 Å². The van der Waals surface area contributed by atoms with Crippen LogP contribution in [-0.4, -0.2) is 97.8 Å². The molecule has 3 aliphatic heterocycles. The highest BCUT2D eigenvalue weighted by molar-refractivity contribution is 6.10. The van der Waals surface area contributed by atoms with Gasteiger partial charge in [-0.2, -0.15) is 5.10 Å². The number of aliphatic hydroxyl groups is 1. The number of nitrogens with zero attached hydrogens (tertiary/aromatic N) is 6. The summed E-state index contributed by atoms with van der Waals surface area (Å²) in [4.78, 5) is 36.1. The Kier molecular flexibility index (Phi) is 6.68. The Hall–Kier alpha value is -3.71. The van der Waals surface area contributed by atoms with Crippen molar-refractivity contribution in [1.82, 2.24) is 24.4 Å². The molecule has 2 aromatic heterocycles. The molecule has 3 aliphatic rings. The number of piperidine rings is 1. The summed E-state index contributed by atoms with van der Waals surface area (Å²) in [6, 6.07) is 5.20. The van der Waals surface area contributed by atoms with E-state index in [2.05, 4.69) is 15.4 Å². The van der Waals surface area contributed by atoms with Crippen LogP contribution in [0, 0.1) is 0 Å². The maximum absolute atomic E-state index is 14.7. The van der Waals surface area contributed by atoms with E-state index < -0.39 is 23.6 Å². The van der Waals surface area contributed by atoms with Crippen molar-refractivity contribution in [3.63, 3.8) is 0 Å². The molecule has 0 radical (unpaired) electrons. The van der Waals surface area contributed by atoms with Crippen molar-refractivity contribution in [2.24, 2.45) is 0 Å². The lowest BCUT2D eigenvalue weighted by molar-refractivity contribution is -0.148. The maximum Gasteiger partial charge on any atom is 0.272 e. The second-order valence-electron chi connectivity index (χ2n) is 11.7. The number of alkyl halides is 3. The molecular formula is C28H32F3N7O3. The van der Waals surface area contributed by atoms with Gasteiger partial charge in [-0.1, -0.05) is 0 Å². The Balaban J connectivity index is 1.27.